The topological polar surface area (TPSA) is 84.2 Å². The Morgan fingerprint density at radius 1 is 1.43 bits per heavy atom. The largest absolute Gasteiger partial charge is 0.356 e. The summed E-state index contributed by atoms with van der Waals surface area (Å²) in [6, 6.07) is 7.21. The molecular formula is C14H19N3O3S. The van der Waals surface area contributed by atoms with Gasteiger partial charge in [-0.2, -0.15) is 0 Å². The second-order valence-electron chi connectivity index (χ2n) is 5.58. The smallest absolute Gasteiger partial charge is 0.217 e. The standard InChI is InChI=1S/C14H19N3O3S/c1-10-6-7-15-8-12(10)17-21(18,19)9-13-11-4-2-3-5-14(11)20-16-13/h2-5,10,12,15,17H,6-9H2,1H3. The van der Waals surface area contributed by atoms with Crippen LogP contribution in [0.1, 0.15) is 19.0 Å². The molecule has 3 rings (SSSR count). The number of para-hydroxylation sites is 1. The summed E-state index contributed by atoms with van der Waals surface area (Å²) in [5, 5.41) is 7.85. The van der Waals surface area contributed by atoms with Gasteiger partial charge in [0.1, 0.15) is 11.4 Å². The van der Waals surface area contributed by atoms with Crippen LogP contribution in [-0.4, -0.2) is 32.7 Å². The van der Waals surface area contributed by atoms with Crippen molar-refractivity contribution in [2.45, 2.75) is 25.1 Å². The quantitative estimate of drug-likeness (QED) is 0.888. The van der Waals surface area contributed by atoms with Crippen molar-refractivity contribution in [3.63, 3.8) is 0 Å². The van der Waals surface area contributed by atoms with Crippen LogP contribution in [0.15, 0.2) is 28.8 Å². The molecular weight excluding hydrogens is 290 g/mol. The van der Waals surface area contributed by atoms with E-state index < -0.39 is 10.0 Å². The Morgan fingerprint density at radius 2 is 2.24 bits per heavy atom. The number of hydrogen-bond donors (Lipinski definition) is 2. The molecule has 2 atom stereocenters. The zero-order chi connectivity index (χ0) is 14.9. The van der Waals surface area contributed by atoms with E-state index in [1.165, 1.54) is 0 Å². The predicted octanol–water partition coefficient (Wildman–Crippen LogP) is 1.25. The molecule has 7 heteroatoms. The third-order valence-corrected chi connectivity index (χ3v) is 5.25. The van der Waals surface area contributed by atoms with Crippen molar-refractivity contribution in [2.24, 2.45) is 5.92 Å². The van der Waals surface area contributed by atoms with Crippen LogP contribution in [-0.2, 0) is 15.8 Å². The first kappa shape index (κ1) is 14.5. The fourth-order valence-electron chi connectivity index (χ4n) is 2.64. The molecule has 1 aromatic carbocycles. The zero-order valence-electron chi connectivity index (χ0n) is 11.9. The van der Waals surface area contributed by atoms with Crippen molar-refractivity contribution >= 4 is 21.0 Å². The number of nitrogens with zero attached hydrogens (tertiary/aromatic N) is 1. The Hall–Kier alpha value is -1.44. The molecule has 1 aliphatic rings. The van der Waals surface area contributed by atoms with Crippen molar-refractivity contribution in [3.8, 4) is 0 Å². The van der Waals surface area contributed by atoms with Crippen LogP contribution in [0.4, 0.5) is 0 Å². The molecule has 114 valence electrons. The van der Waals surface area contributed by atoms with Gasteiger partial charge in [0.15, 0.2) is 5.58 Å². The van der Waals surface area contributed by atoms with Crippen LogP contribution in [0.3, 0.4) is 0 Å². The summed E-state index contributed by atoms with van der Waals surface area (Å²) in [6.07, 6.45) is 0.972. The van der Waals surface area contributed by atoms with Gasteiger partial charge in [-0.1, -0.05) is 24.2 Å². The van der Waals surface area contributed by atoms with Gasteiger partial charge in [-0.15, -0.1) is 0 Å². The molecule has 1 fully saturated rings. The van der Waals surface area contributed by atoms with Crippen LogP contribution in [0.5, 0.6) is 0 Å². The lowest BCUT2D eigenvalue weighted by atomic mass is 9.96. The summed E-state index contributed by atoms with van der Waals surface area (Å²) < 4.78 is 32.6. The van der Waals surface area contributed by atoms with Crippen molar-refractivity contribution < 1.29 is 12.9 Å². The zero-order valence-corrected chi connectivity index (χ0v) is 12.7. The highest BCUT2D eigenvalue weighted by atomic mass is 32.2. The third-order valence-electron chi connectivity index (χ3n) is 3.94. The molecule has 1 saturated heterocycles. The van der Waals surface area contributed by atoms with Crippen molar-refractivity contribution in [1.82, 2.24) is 15.2 Å². The molecule has 2 aromatic rings. The van der Waals surface area contributed by atoms with Gasteiger partial charge in [-0.3, -0.25) is 0 Å². The van der Waals surface area contributed by atoms with Gasteiger partial charge in [0.05, 0.1) is 0 Å². The van der Waals surface area contributed by atoms with E-state index in [9.17, 15) is 8.42 Å². The van der Waals surface area contributed by atoms with E-state index in [-0.39, 0.29) is 11.8 Å². The second kappa shape index (κ2) is 5.75. The number of aromatic nitrogens is 1. The molecule has 2 heterocycles. The molecule has 6 nitrogen and oxygen atoms in total. The van der Waals surface area contributed by atoms with E-state index in [1.807, 2.05) is 18.2 Å². The second-order valence-corrected chi connectivity index (χ2v) is 7.33. The molecule has 0 aliphatic carbocycles. The lowest BCUT2D eigenvalue weighted by Gasteiger charge is -2.29. The van der Waals surface area contributed by atoms with E-state index >= 15 is 0 Å². The minimum absolute atomic E-state index is 0.0677. The van der Waals surface area contributed by atoms with Gasteiger partial charge in [0.25, 0.3) is 0 Å². The highest BCUT2D eigenvalue weighted by Crippen LogP contribution is 2.20. The van der Waals surface area contributed by atoms with Gasteiger partial charge >= 0.3 is 0 Å². The molecule has 0 saturated carbocycles. The molecule has 1 aliphatic heterocycles. The molecule has 0 radical (unpaired) electrons. The predicted molar refractivity (Wildman–Crippen MR) is 80.2 cm³/mol. The van der Waals surface area contributed by atoms with Gasteiger partial charge in [-0.05, 0) is 31.0 Å². The lowest BCUT2D eigenvalue weighted by Crippen LogP contribution is -2.50. The number of fused-ring (bicyclic) bond motifs is 1. The molecule has 0 spiro atoms. The normalized spacial score (nSPS) is 23.5. The summed E-state index contributed by atoms with van der Waals surface area (Å²) in [5.41, 5.74) is 1.06. The molecule has 0 amide bonds. The first-order valence-corrected chi connectivity index (χ1v) is 8.74. The van der Waals surface area contributed by atoms with Gasteiger partial charge in [0.2, 0.25) is 10.0 Å². The summed E-state index contributed by atoms with van der Waals surface area (Å²) >= 11 is 0. The first-order chi connectivity index (χ1) is 10.1. The Balaban J connectivity index is 1.76. The summed E-state index contributed by atoms with van der Waals surface area (Å²) in [6.45, 7) is 3.67. The monoisotopic (exact) mass is 309 g/mol. The lowest BCUT2D eigenvalue weighted by molar-refractivity contribution is 0.327. The van der Waals surface area contributed by atoms with E-state index in [4.69, 9.17) is 4.52 Å². The molecule has 2 N–H and O–H groups in total. The maximum absolute atomic E-state index is 12.3. The number of benzene rings is 1. The summed E-state index contributed by atoms with van der Waals surface area (Å²) in [4.78, 5) is 0. The van der Waals surface area contributed by atoms with Crippen LogP contribution >= 0.6 is 0 Å². The van der Waals surface area contributed by atoms with E-state index in [0.717, 1.165) is 18.4 Å². The van der Waals surface area contributed by atoms with Gasteiger partial charge in [0, 0.05) is 18.0 Å². The van der Waals surface area contributed by atoms with Crippen molar-refractivity contribution in [3.05, 3.63) is 30.0 Å². The maximum atomic E-state index is 12.3. The molecule has 2 unspecified atom stereocenters. The van der Waals surface area contributed by atoms with Crippen molar-refractivity contribution in [1.29, 1.82) is 0 Å². The van der Waals surface area contributed by atoms with E-state index in [2.05, 4.69) is 22.1 Å². The highest BCUT2D eigenvalue weighted by molar-refractivity contribution is 7.88. The van der Waals surface area contributed by atoms with Gasteiger partial charge < -0.3 is 9.84 Å². The minimum atomic E-state index is -3.44. The number of rotatable bonds is 4. The van der Waals surface area contributed by atoms with E-state index in [0.29, 0.717) is 23.7 Å². The molecule has 21 heavy (non-hydrogen) atoms. The Bertz CT molecular complexity index is 726. The first-order valence-electron chi connectivity index (χ1n) is 7.09. The van der Waals surface area contributed by atoms with E-state index in [1.54, 1.807) is 6.07 Å². The van der Waals surface area contributed by atoms with Crippen LogP contribution in [0, 0.1) is 5.92 Å². The SMILES string of the molecule is CC1CCNCC1NS(=O)(=O)Cc1noc2ccccc12. The average molecular weight is 309 g/mol. The van der Waals surface area contributed by atoms with Crippen LogP contribution < -0.4 is 10.0 Å². The fourth-order valence-corrected chi connectivity index (χ4v) is 4.07. The third kappa shape index (κ3) is 3.25. The summed E-state index contributed by atoms with van der Waals surface area (Å²) in [7, 11) is -3.44. The Morgan fingerprint density at radius 3 is 3.05 bits per heavy atom. The summed E-state index contributed by atoms with van der Waals surface area (Å²) in [5.74, 6) is 0.169. The molecule has 1 aromatic heterocycles. The number of piperidine rings is 1. The highest BCUT2D eigenvalue weighted by Gasteiger charge is 2.26. The molecule has 0 bridgehead atoms. The Labute approximate surface area is 123 Å². The Kier molecular flexibility index (Phi) is 3.97. The van der Waals surface area contributed by atoms with Crippen LogP contribution in [0.25, 0.3) is 11.0 Å². The minimum Gasteiger partial charge on any atom is -0.356 e. The number of nitrogens with one attached hydrogen (secondary N) is 2. The maximum Gasteiger partial charge on any atom is 0.217 e. The van der Waals surface area contributed by atoms with Crippen molar-refractivity contribution in [2.75, 3.05) is 13.1 Å². The number of sulfonamides is 1. The van der Waals surface area contributed by atoms with Crippen LogP contribution in [0.2, 0.25) is 0 Å². The average Bonchev–Trinajstić information content (AvgIpc) is 2.84. The van der Waals surface area contributed by atoms with Gasteiger partial charge in [-0.25, -0.2) is 13.1 Å². The fraction of sp³-hybridized carbons (Fsp3) is 0.500. The number of hydrogen-bond acceptors (Lipinski definition) is 5.